The molecule has 0 aromatic heterocycles. The Labute approximate surface area is 137 Å². The monoisotopic (exact) mass is 356 g/mol. The van der Waals surface area contributed by atoms with Crippen molar-refractivity contribution >= 4 is 53.4 Å². The summed E-state index contributed by atoms with van der Waals surface area (Å²) in [5.41, 5.74) is 0. The molecule has 0 aliphatic carbocycles. The molecule has 0 saturated carbocycles. The van der Waals surface area contributed by atoms with E-state index in [1.54, 1.807) is 0 Å². The fraction of sp³-hybridized carbons (Fsp3) is 0.833. The van der Waals surface area contributed by atoms with Gasteiger partial charge in [0.1, 0.15) is 0 Å². The number of unbranched alkanes of at least 4 members (excludes halogenated alkanes) is 4. The van der Waals surface area contributed by atoms with Gasteiger partial charge in [0.2, 0.25) is 11.8 Å². The SMILES string of the molecule is CCCCCC(=O)NSSSSNC(=O)CCCCC. The van der Waals surface area contributed by atoms with E-state index in [1.807, 2.05) is 0 Å². The third kappa shape index (κ3) is 14.7. The number of nitrogens with one attached hydrogen (secondary N) is 2. The van der Waals surface area contributed by atoms with Gasteiger partial charge in [-0.05, 0) is 12.8 Å². The molecule has 8 heteroatoms. The predicted octanol–water partition coefficient (Wildman–Crippen LogP) is 4.89. The molecule has 0 fully saturated rings. The molecule has 0 saturated heterocycles. The zero-order valence-corrected chi connectivity index (χ0v) is 15.4. The Morgan fingerprint density at radius 1 is 0.750 bits per heavy atom. The lowest BCUT2D eigenvalue weighted by Gasteiger charge is -2.03. The van der Waals surface area contributed by atoms with Crippen LogP contribution in [0.2, 0.25) is 0 Å². The Kier molecular flexibility index (Phi) is 16.0. The first-order chi connectivity index (χ1) is 9.70. The van der Waals surface area contributed by atoms with Crippen LogP contribution in [0.4, 0.5) is 0 Å². The first-order valence-electron chi connectivity index (χ1n) is 6.94. The van der Waals surface area contributed by atoms with E-state index in [4.69, 9.17) is 0 Å². The molecule has 0 atom stereocenters. The maximum absolute atomic E-state index is 11.4. The zero-order chi connectivity index (χ0) is 15.1. The molecule has 2 N–H and O–H groups in total. The first-order valence-corrected chi connectivity index (χ1v) is 11.8. The van der Waals surface area contributed by atoms with Crippen molar-refractivity contribution < 1.29 is 9.59 Å². The van der Waals surface area contributed by atoms with Crippen molar-refractivity contribution in [2.75, 3.05) is 0 Å². The Morgan fingerprint density at radius 2 is 1.15 bits per heavy atom. The fourth-order valence-electron chi connectivity index (χ4n) is 1.33. The highest BCUT2D eigenvalue weighted by Crippen LogP contribution is 2.39. The second kappa shape index (κ2) is 15.7. The summed E-state index contributed by atoms with van der Waals surface area (Å²) in [5.74, 6) is 0.148. The second-order valence-electron chi connectivity index (χ2n) is 4.27. The van der Waals surface area contributed by atoms with Crippen molar-refractivity contribution in [3.8, 4) is 0 Å². The Hall–Kier alpha value is 0.340. The van der Waals surface area contributed by atoms with Crippen molar-refractivity contribution in [3.63, 3.8) is 0 Å². The molecule has 2 amide bonds. The van der Waals surface area contributed by atoms with Crippen LogP contribution >= 0.6 is 41.6 Å². The molecule has 0 spiro atoms. The lowest BCUT2D eigenvalue weighted by molar-refractivity contribution is -0.120. The van der Waals surface area contributed by atoms with Crippen LogP contribution in [0.25, 0.3) is 0 Å². The van der Waals surface area contributed by atoms with Crippen LogP contribution in [-0.4, -0.2) is 11.8 Å². The summed E-state index contributed by atoms with van der Waals surface area (Å²) in [6, 6.07) is 0. The van der Waals surface area contributed by atoms with Gasteiger partial charge in [-0.25, -0.2) is 0 Å². The lowest BCUT2D eigenvalue weighted by Crippen LogP contribution is -2.14. The van der Waals surface area contributed by atoms with Crippen LogP contribution in [0, 0.1) is 0 Å². The van der Waals surface area contributed by atoms with Crippen molar-refractivity contribution in [2.45, 2.75) is 65.2 Å². The number of hydrogen-bond acceptors (Lipinski definition) is 6. The van der Waals surface area contributed by atoms with Crippen LogP contribution < -0.4 is 9.44 Å². The largest absolute Gasteiger partial charge is 0.290 e. The molecule has 0 rings (SSSR count). The van der Waals surface area contributed by atoms with Gasteiger partial charge in [0.25, 0.3) is 0 Å². The van der Waals surface area contributed by atoms with E-state index in [0.717, 1.165) is 38.5 Å². The van der Waals surface area contributed by atoms with E-state index in [-0.39, 0.29) is 11.8 Å². The maximum atomic E-state index is 11.4. The summed E-state index contributed by atoms with van der Waals surface area (Å²) in [6.45, 7) is 4.24. The van der Waals surface area contributed by atoms with Gasteiger partial charge in [-0.1, -0.05) is 39.5 Å². The number of carbonyl (C=O) groups is 2. The van der Waals surface area contributed by atoms with Crippen LogP contribution in [0.1, 0.15) is 65.2 Å². The fourth-order valence-corrected chi connectivity index (χ4v) is 5.38. The molecule has 0 aromatic rings. The summed E-state index contributed by atoms with van der Waals surface area (Å²) in [4.78, 5) is 22.7. The Bertz CT molecular complexity index is 242. The Morgan fingerprint density at radius 3 is 1.50 bits per heavy atom. The van der Waals surface area contributed by atoms with E-state index >= 15 is 0 Å². The third-order valence-corrected chi connectivity index (χ3v) is 7.53. The molecule has 0 heterocycles. The normalized spacial score (nSPS) is 10.3. The average molecular weight is 357 g/mol. The Balaban J connectivity index is 3.27. The highest BCUT2D eigenvalue weighted by molar-refractivity contribution is 9.25. The molecule has 0 aliphatic heterocycles. The predicted molar refractivity (Wildman–Crippen MR) is 94.9 cm³/mol. The molecule has 0 aliphatic rings. The van der Waals surface area contributed by atoms with Crippen LogP contribution in [-0.2, 0) is 9.59 Å². The molecule has 4 nitrogen and oxygen atoms in total. The number of rotatable bonds is 13. The summed E-state index contributed by atoms with van der Waals surface area (Å²) in [6.07, 6.45) is 7.52. The topological polar surface area (TPSA) is 58.2 Å². The standard InChI is InChI=1S/C12H24N2O2S4/c1-3-5-7-9-11(15)13-17-19-20-18-14-12(16)10-8-6-4-2/h3-10H2,1-2H3,(H,13,15)(H,14,16). The highest BCUT2D eigenvalue weighted by Gasteiger charge is 2.03. The van der Waals surface area contributed by atoms with Gasteiger partial charge in [0.05, 0.1) is 0 Å². The molecule has 0 aromatic carbocycles. The molecule has 118 valence electrons. The van der Waals surface area contributed by atoms with E-state index in [2.05, 4.69) is 23.3 Å². The number of hydrogen-bond donors (Lipinski definition) is 2. The first kappa shape index (κ1) is 20.3. The van der Waals surface area contributed by atoms with Gasteiger partial charge >= 0.3 is 0 Å². The van der Waals surface area contributed by atoms with E-state index in [0.29, 0.717) is 12.8 Å². The smallest absolute Gasteiger partial charge is 0.230 e. The van der Waals surface area contributed by atoms with Gasteiger partial charge in [0.15, 0.2) is 0 Å². The van der Waals surface area contributed by atoms with Crippen molar-refractivity contribution in [1.82, 2.24) is 9.44 Å². The van der Waals surface area contributed by atoms with Gasteiger partial charge in [0, 0.05) is 54.5 Å². The molecule has 20 heavy (non-hydrogen) atoms. The summed E-state index contributed by atoms with van der Waals surface area (Å²) in [7, 11) is 5.48. The van der Waals surface area contributed by atoms with E-state index < -0.39 is 0 Å². The van der Waals surface area contributed by atoms with Gasteiger partial charge in [-0.15, -0.1) is 0 Å². The van der Waals surface area contributed by atoms with Crippen LogP contribution in [0.3, 0.4) is 0 Å². The zero-order valence-electron chi connectivity index (χ0n) is 12.1. The minimum absolute atomic E-state index is 0.0742. The minimum atomic E-state index is 0.0742. The second-order valence-corrected chi connectivity index (χ2v) is 9.55. The van der Waals surface area contributed by atoms with E-state index in [9.17, 15) is 9.59 Å². The number of carbonyl (C=O) groups excluding carboxylic acids is 2. The van der Waals surface area contributed by atoms with Gasteiger partial charge in [-0.2, -0.15) is 0 Å². The quantitative estimate of drug-likeness (QED) is 0.278. The lowest BCUT2D eigenvalue weighted by atomic mass is 10.2. The highest BCUT2D eigenvalue weighted by atomic mass is 33.7. The molecule has 0 radical (unpaired) electrons. The van der Waals surface area contributed by atoms with Crippen LogP contribution in [0.5, 0.6) is 0 Å². The molecule has 0 unspecified atom stereocenters. The van der Waals surface area contributed by atoms with Gasteiger partial charge in [-0.3, -0.25) is 19.0 Å². The number of amides is 2. The molecular formula is C12H24N2O2S4. The molecular weight excluding hydrogens is 332 g/mol. The summed E-state index contributed by atoms with van der Waals surface area (Å²) < 4.78 is 5.53. The summed E-state index contributed by atoms with van der Waals surface area (Å²) in [5, 5.41) is 0. The van der Waals surface area contributed by atoms with Crippen molar-refractivity contribution in [1.29, 1.82) is 0 Å². The van der Waals surface area contributed by atoms with Crippen molar-refractivity contribution in [2.24, 2.45) is 0 Å². The third-order valence-electron chi connectivity index (χ3n) is 2.42. The minimum Gasteiger partial charge on any atom is -0.290 e. The average Bonchev–Trinajstić information content (AvgIpc) is 2.43. The molecule has 0 bridgehead atoms. The van der Waals surface area contributed by atoms with Crippen molar-refractivity contribution in [3.05, 3.63) is 0 Å². The maximum Gasteiger partial charge on any atom is 0.230 e. The van der Waals surface area contributed by atoms with Crippen LogP contribution in [0.15, 0.2) is 0 Å². The van der Waals surface area contributed by atoms with E-state index in [1.165, 1.54) is 41.6 Å². The summed E-state index contributed by atoms with van der Waals surface area (Å²) >= 11 is 0. The van der Waals surface area contributed by atoms with Gasteiger partial charge < -0.3 is 0 Å².